The molecule has 0 saturated carbocycles. The van der Waals surface area contributed by atoms with Crippen molar-refractivity contribution in [2.45, 2.75) is 425 Å². The monoisotopic (exact) mass is 1410 g/mol. The molecule has 0 aromatic rings. The maximum atomic E-state index is 13.1. The van der Waals surface area contributed by atoms with Crippen LogP contribution in [0.5, 0.6) is 0 Å². The molecule has 0 saturated heterocycles. The minimum atomic E-state index is -4.96. The number of hydrogen-bond donors (Lipinski definition) is 3. The third kappa shape index (κ3) is 69.2. The van der Waals surface area contributed by atoms with E-state index in [0.29, 0.717) is 25.7 Å². The Morgan fingerprint density at radius 1 is 0.292 bits per heavy atom. The first-order chi connectivity index (χ1) is 46.6. The summed E-state index contributed by atoms with van der Waals surface area (Å²) in [5.74, 6) is -1.38. The van der Waals surface area contributed by atoms with Crippen LogP contribution in [0.2, 0.25) is 0 Å². The Labute approximate surface area is 588 Å². The first-order valence-corrected chi connectivity index (χ1v) is 43.2. The van der Waals surface area contributed by atoms with Crippen molar-refractivity contribution in [1.82, 2.24) is 0 Å². The van der Waals surface area contributed by atoms with Gasteiger partial charge in [0.2, 0.25) is 0 Å². The molecule has 19 heteroatoms. The normalized spacial score (nSPS) is 14.2. The van der Waals surface area contributed by atoms with Crippen LogP contribution in [0.1, 0.15) is 407 Å². The van der Waals surface area contributed by atoms with Gasteiger partial charge in [-0.05, 0) is 31.6 Å². The molecule has 3 N–H and O–H groups in total. The summed E-state index contributed by atoms with van der Waals surface area (Å²) in [5.41, 5.74) is 0. The molecular weight excluding hydrogens is 1260 g/mol. The molecule has 0 fully saturated rings. The Morgan fingerprint density at radius 3 is 0.740 bits per heavy atom. The molecule has 0 heterocycles. The van der Waals surface area contributed by atoms with Gasteiger partial charge >= 0.3 is 39.5 Å². The number of esters is 4. The van der Waals surface area contributed by atoms with Gasteiger partial charge in [-0.25, -0.2) is 9.13 Å². The molecular formula is C77H150O17P2. The number of ether oxygens (including phenoxy) is 4. The van der Waals surface area contributed by atoms with E-state index in [9.17, 15) is 43.2 Å². The summed E-state index contributed by atoms with van der Waals surface area (Å²) >= 11 is 0. The van der Waals surface area contributed by atoms with E-state index < -0.39 is 97.5 Å². The van der Waals surface area contributed by atoms with Crippen molar-refractivity contribution in [2.24, 2.45) is 5.92 Å². The van der Waals surface area contributed by atoms with E-state index >= 15 is 0 Å². The highest BCUT2D eigenvalue weighted by molar-refractivity contribution is 7.47. The second kappa shape index (κ2) is 70.1. The fourth-order valence-electron chi connectivity index (χ4n) is 11.8. The first-order valence-electron chi connectivity index (χ1n) is 40.2. The molecule has 570 valence electrons. The Hall–Kier alpha value is -1.94. The van der Waals surface area contributed by atoms with E-state index in [1.54, 1.807) is 0 Å². The summed E-state index contributed by atoms with van der Waals surface area (Å²) in [4.78, 5) is 72.8. The van der Waals surface area contributed by atoms with Crippen LogP contribution in [0.15, 0.2) is 0 Å². The predicted molar refractivity (Wildman–Crippen MR) is 391 cm³/mol. The van der Waals surface area contributed by atoms with E-state index in [4.69, 9.17) is 37.0 Å². The van der Waals surface area contributed by atoms with Crippen LogP contribution in [0.4, 0.5) is 0 Å². The molecule has 17 nitrogen and oxygen atoms in total. The van der Waals surface area contributed by atoms with Crippen molar-refractivity contribution in [3.63, 3.8) is 0 Å². The highest BCUT2D eigenvalue weighted by Gasteiger charge is 2.30. The van der Waals surface area contributed by atoms with Crippen molar-refractivity contribution < 1.29 is 80.2 Å². The Balaban J connectivity index is 5.23. The molecule has 0 aromatic heterocycles. The van der Waals surface area contributed by atoms with Crippen molar-refractivity contribution in [1.29, 1.82) is 0 Å². The van der Waals surface area contributed by atoms with Gasteiger partial charge in [0.25, 0.3) is 0 Å². The molecule has 3 unspecified atom stereocenters. The summed E-state index contributed by atoms with van der Waals surface area (Å²) in [6.07, 6.45) is 59.6. The van der Waals surface area contributed by atoms with E-state index in [-0.39, 0.29) is 25.7 Å². The third-order valence-corrected chi connectivity index (χ3v) is 20.3. The highest BCUT2D eigenvalue weighted by atomic mass is 31.2. The van der Waals surface area contributed by atoms with Crippen LogP contribution < -0.4 is 0 Å². The van der Waals surface area contributed by atoms with Crippen molar-refractivity contribution >= 4 is 39.5 Å². The third-order valence-electron chi connectivity index (χ3n) is 18.4. The molecule has 0 amide bonds. The van der Waals surface area contributed by atoms with Crippen LogP contribution in [-0.4, -0.2) is 96.7 Å². The van der Waals surface area contributed by atoms with E-state index in [0.717, 1.165) is 102 Å². The minimum Gasteiger partial charge on any atom is -0.462 e. The molecule has 0 aliphatic rings. The molecule has 0 rings (SSSR count). The maximum absolute atomic E-state index is 13.1. The maximum Gasteiger partial charge on any atom is 0.472 e. The van der Waals surface area contributed by atoms with Gasteiger partial charge in [-0.2, -0.15) is 0 Å². The van der Waals surface area contributed by atoms with E-state index in [1.165, 1.54) is 225 Å². The molecule has 0 radical (unpaired) electrons. The number of rotatable bonds is 77. The lowest BCUT2D eigenvalue weighted by atomic mass is 10.00. The average Bonchev–Trinajstić information content (AvgIpc) is 1.25. The molecule has 0 aromatic carbocycles. The Bertz CT molecular complexity index is 1840. The fraction of sp³-hybridized carbons (Fsp3) is 0.948. The summed E-state index contributed by atoms with van der Waals surface area (Å²) in [6.45, 7) is 7.27. The predicted octanol–water partition coefficient (Wildman–Crippen LogP) is 22.9. The highest BCUT2D eigenvalue weighted by Crippen LogP contribution is 2.45. The van der Waals surface area contributed by atoms with Gasteiger partial charge in [0, 0.05) is 25.7 Å². The van der Waals surface area contributed by atoms with Crippen LogP contribution >= 0.6 is 15.6 Å². The number of carbonyl (C=O) groups excluding carboxylic acids is 4. The molecule has 0 aliphatic heterocycles. The van der Waals surface area contributed by atoms with Gasteiger partial charge in [0.05, 0.1) is 26.4 Å². The lowest BCUT2D eigenvalue weighted by Crippen LogP contribution is -2.30. The van der Waals surface area contributed by atoms with Gasteiger partial charge in [-0.15, -0.1) is 0 Å². The van der Waals surface area contributed by atoms with Crippen LogP contribution in [0.25, 0.3) is 0 Å². The first kappa shape index (κ1) is 94.1. The summed E-state index contributed by atoms with van der Waals surface area (Å²) in [5, 5.41) is 10.6. The number of unbranched alkanes of at least 4 members (excludes halogenated alkanes) is 48. The SMILES string of the molecule is CCCCCCCCCCCCCCCCCCCCCC(=O)O[C@H](COC(=O)CCCCCCCCCCCCCCCC)COP(=O)(O)OC[C@@H](O)COP(=O)(O)OC[C@@H](COC(=O)CCCCCCCCC(C)CC)OC(=O)CCCCCCCCCCCCCCC. The topological polar surface area (TPSA) is 237 Å². The van der Waals surface area contributed by atoms with Crippen molar-refractivity contribution in [2.75, 3.05) is 39.6 Å². The molecule has 0 spiro atoms. The van der Waals surface area contributed by atoms with Crippen LogP contribution in [0.3, 0.4) is 0 Å². The molecule has 6 atom stereocenters. The van der Waals surface area contributed by atoms with Crippen molar-refractivity contribution in [3.8, 4) is 0 Å². The van der Waals surface area contributed by atoms with Gasteiger partial charge in [-0.1, -0.05) is 356 Å². The number of carbonyl (C=O) groups is 4. The van der Waals surface area contributed by atoms with Gasteiger partial charge < -0.3 is 33.8 Å². The number of aliphatic hydroxyl groups excluding tert-OH is 1. The number of phosphoric ester groups is 2. The second-order valence-electron chi connectivity index (χ2n) is 28.0. The van der Waals surface area contributed by atoms with Crippen molar-refractivity contribution in [3.05, 3.63) is 0 Å². The number of hydrogen-bond acceptors (Lipinski definition) is 15. The van der Waals surface area contributed by atoms with Crippen LogP contribution in [-0.2, 0) is 65.4 Å². The van der Waals surface area contributed by atoms with Gasteiger partial charge in [-0.3, -0.25) is 37.3 Å². The summed E-state index contributed by atoms with van der Waals surface area (Å²) < 4.78 is 68.6. The molecule has 0 aliphatic carbocycles. The zero-order valence-corrected chi connectivity index (χ0v) is 64.3. The van der Waals surface area contributed by atoms with Gasteiger partial charge in [0.1, 0.15) is 19.3 Å². The Morgan fingerprint density at radius 2 is 0.500 bits per heavy atom. The van der Waals surface area contributed by atoms with Crippen LogP contribution in [0, 0.1) is 5.92 Å². The zero-order valence-electron chi connectivity index (χ0n) is 62.5. The second-order valence-corrected chi connectivity index (χ2v) is 30.9. The molecule has 0 bridgehead atoms. The smallest absolute Gasteiger partial charge is 0.462 e. The van der Waals surface area contributed by atoms with Gasteiger partial charge in [0.15, 0.2) is 12.2 Å². The minimum absolute atomic E-state index is 0.107. The number of aliphatic hydroxyl groups is 1. The quantitative estimate of drug-likeness (QED) is 0.0222. The lowest BCUT2D eigenvalue weighted by Gasteiger charge is -2.21. The largest absolute Gasteiger partial charge is 0.472 e. The zero-order chi connectivity index (χ0) is 70.5. The fourth-order valence-corrected chi connectivity index (χ4v) is 13.4. The van der Waals surface area contributed by atoms with E-state index in [2.05, 4.69) is 34.6 Å². The van der Waals surface area contributed by atoms with E-state index in [1.807, 2.05) is 0 Å². The summed E-state index contributed by atoms with van der Waals surface area (Å²) in [6, 6.07) is 0. The summed E-state index contributed by atoms with van der Waals surface area (Å²) in [7, 11) is -9.91. The number of phosphoric acid groups is 2. The molecule has 96 heavy (non-hydrogen) atoms. The lowest BCUT2D eigenvalue weighted by molar-refractivity contribution is -0.161. The standard InChI is InChI=1S/C77H150O17P2/c1-6-10-13-16-19-22-25-28-30-31-32-33-34-37-40-43-46-53-58-63-76(81)93-72(66-87-74(79)60-55-50-44-41-38-36-29-26-23-20-17-14-11-7-2)68-91-95(83,84)89-64-71(78)65-90-96(85,86)92-69-73(67-88-75(80)61-56-51-48-47-49-54-59-70(5)9-4)94-77(82)62-57-52-45-42-39-35-27-24-21-18-15-12-8-3/h70-73,78H,6-69H2,1-5H3,(H,83,84)(H,85,86)/t70?,71-,72-,73-/m1/s1. The Kier molecular flexibility index (Phi) is 68.7. The average molecular weight is 1410 g/mol.